The Morgan fingerprint density at radius 2 is 2.13 bits per heavy atom. The van der Waals surface area contributed by atoms with E-state index in [2.05, 4.69) is 37.9 Å². The fourth-order valence-corrected chi connectivity index (χ4v) is 2.53. The molecule has 0 bridgehead atoms. The minimum Gasteiger partial charge on any atom is -0.380 e. The van der Waals surface area contributed by atoms with Crippen LogP contribution in [0.1, 0.15) is 34.1 Å². The van der Waals surface area contributed by atoms with Crippen molar-refractivity contribution in [1.29, 1.82) is 0 Å². The SMILES string of the molecule is CCNC1CCOCC1N(CC)C(C)C. The maximum atomic E-state index is 5.61. The lowest BCUT2D eigenvalue weighted by Gasteiger charge is -2.41. The van der Waals surface area contributed by atoms with Crippen LogP contribution in [0.3, 0.4) is 0 Å². The van der Waals surface area contributed by atoms with Gasteiger partial charge in [0, 0.05) is 24.7 Å². The Kier molecular flexibility index (Phi) is 5.58. The van der Waals surface area contributed by atoms with Crippen LogP contribution in [0, 0.1) is 0 Å². The molecule has 1 aliphatic rings. The first-order valence-electron chi connectivity index (χ1n) is 6.27. The van der Waals surface area contributed by atoms with Gasteiger partial charge in [0.25, 0.3) is 0 Å². The molecule has 0 aliphatic carbocycles. The van der Waals surface area contributed by atoms with Crippen molar-refractivity contribution in [1.82, 2.24) is 10.2 Å². The average Bonchev–Trinajstić information content (AvgIpc) is 2.21. The maximum Gasteiger partial charge on any atom is 0.0637 e. The third-order valence-electron chi connectivity index (χ3n) is 3.25. The molecular formula is C12H26N2O. The van der Waals surface area contributed by atoms with Crippen molar-refractivity contribution in [3.63, 3.8) is 0 Å². The van der Waals surface area contributed by atoms with Crippen molar-refractivity contribution in [2.24, 2.45) is 0 Å². The van der Waals surface area contributed by atoms with Gasteiger partial charge < -0.3 is 10.1 Å². The Hall–Kier alpha value is -0.120. The highest BCUT2D eigenvalue weighted by molar-refractivity contribution is 4.88. The molecule has 2 unspecified atom stereocenters. The summed E-state index contributed by atoms with van der Waals surface area (Å²) in [5.41, 5.74) is 0. The molecule has 3 heteroatoms. The van der Waals surface area contributed by atoms with E-state index in [1.165, 1.54) is 0 Å². The number of nitrogens with one attached hydrogen (secondary N) is 1. The van der Waals surface area contributed by atoms with Gasteiger partial charge in [0.15, 0.2) is 0 Å². The van der Waals surface area contributed by atoms with E-state index in [9.17, 15) is 0 Å². The average molecular weight is 214 g/mol. The maximum absolute atomic E-state index is 5.61. The standard InChI is InChI=1S/C12H26N2O/c1-5-13-11-7-8-15-9-12(11)14(6-2)10(3)4/h10-13H,5-9H2,1-4H3. The van der Waals surface area contributed by atoms with Crippen molar-refractivity contribution in [2.45, 2.75) is 52.2 Å². The molecule has 1 heterocycles. The number of likely N-dealkylation sites (N-methyl/N-ethyl adjacent to an activating group) is 2. The normalized spacial score (nSPS) is 27.6. The van der Waals surface area contributed by atoms with E-state index in [1.807, 2.05) is 0 Å². The molecule has 1 saturated heterocycles. The Balaban J connectivity index is 2.60. The Bertz CT molecular complexity index is 171. The molecule has 3 nitrogen and oxygen atoms in total. The van der Waals surface area contributed by atoms with Gasteiger partial charge in [0.2, 0.25) is 0 Å². The summed E-state index contributed by atoms with van der Waals surface area (Å²) in [6, 6.07) is 1.75. The molecular weight excluding hydrogens is 188 g/mol. The van der Waals surface area contributed by atoms with E-state index in [0.29, 0.717) is 18.1 Å². The van der Waals surface area contributed by atoms with Crippen LogP contribution in [0.25, 0.3) is 0 Å². The largest absolute Gasteiger partial charge is 0.380 e. The fourth-order valence-electron chi connectivity index (χ4n) is 2.53. The number of nitrogens with zero attached hydrogens (tertiary/aromatic N) is 1. The van der Waals surface area contributed by atoms with E-state index in [4.69, 9.17) is 4.74 Å². The summed E-state index contributed by atoms with van der Waals surface area (Å²) in [7, 11) is 0. The molecule has 0 aromatic heterocycles. The van der Waals surface area contributed by atoms with Gasteiger partial charge in [-0.25, -0.2) is 0 Å². The Morgan fingerprint density at radius 1 is 1.40 bits per heavy atom. The molecule has 0 aromatic rings. The van der Waals surface area contributed by atoms with E-state index >= 15 is 0 Å². The second-order valence-corrected chi connectivity index (χ2v) is 4.52. The molecule has 15 heavy (non-hydrogen) atoms. The van der Waals surface area contributed by atoms with E-state index in [-0.39, 0.29) is 0 Å². The minimum atomic E-state index is 0.545. The van der Waals surface area contributed by atoms with Crippen LogP contribution in [0.2, 0.25) is 0 Å². The lowest BCUT2D eigenvalue weighted by molar-refractivity contribution is -0.0120. The van der Waals surface area contributed by atoms with Gasteiger partial charge in [-0.05, 0) is 33.4 Å². The zero-order valence-electron chi connectivity index (χ0n) is 10.6. The third-order valence-corrected chi connectivity index (χ3v) is 3.25. The first-order chi connectivity index (χ1) is 7.20. The quantitative estimate of drug-likeness (QED) is 0.750. The molecule has 0 spiro atoms. The molecule has 0 aromatic carbocycles. The highest BCUT2D eigenvalue weighted by Gasteiger charge is 2.30. The number of hydrogen-bond donors (Lipinski definition) is 1. The zero-order valence-corrected chi connectivity index (χ0v) is 10.6. The first-order valence-corrected chi connectivity index (χ1v) is 6.27. The van der Waals surface area contributed by atoms with Gasteiger partial charge >= 0.3 is 0 Å². The van der Waals surface area contributed by atoms with Crippen LogP contribution in [0.4, 0.5) is 0 Å². The summed E-state index contributed by atoms with van der Waals surface area (Å²) < 4.78 is 5.61. The third kappa shape index (κ3) is 3.44. The molecule has 1 N–H and O–H groups in total. The van der Waals surface area contributed by atoms with E-state index in [1.54, 1.807) is 0 Å². The summed E-state index contributed by atoms with van der Waals surface area (Å²) in [5.74, 6) is 0. The summed E-state index contributed by atoms with van der Waals surface area (Å²) in [6.07, 6.45) is 1.14. The van der Waals surface area contributed by atoms with Crippen molar-refractivity contribution < 1.29 is 4.74 Å². The van der Waals surface area contributed by atoms with Gasteiger partial charge in [-0.15, -0.1) is 0 Å². The first kappa shape index (κ1) is 12.9. The topological polar surface area (TPSA) is 24.5 Å². The van der Waals surface area contributed by atoms with Gasteiger partial charge in [-0.1, -0.05) is 13.8 Å². The summed E-state index contributed by atoms with van der Waals surface area (Å²) >= 11 is 0. The lowest BCUT2D eigenvalue weighted by atomic mass is 10.0. The smallest absolute Gasteiger partial charge is 0.0637 e. The van der Waals surface area contributed by atoms with E-state index < -0.39 is 0 Å². The van der Waals surface area contributed by atoms with Crippen molar-refractivity contribution >= 4 is 0 Å². The van der Waals surface area contributed by atoms with Crippen molar-refractivity contribution in [2.75, 3.05) is 26.3 Å². The Labute approximate surface area is 94.2 Å². The molecule has 2 atom stereocenters. The van der Waals surface area contributed by atoms with Gasteiger partial charge in [-0.2, -0.15) is 0 Å². The summed E-state index contributed by atoms with van der Waals surface area (Å²) in [5, 5.41) is 3.58. The number of hydrogen-bond acceptors (Lipinski definition) is 3. The highest BCUT2D eigenvalue weighted by atomic mass is 16.5. The fraction of sp³-hybridized carbons (Fsp3) is 1.00. The van der Waals surface area contributed by atoms with Crippen LogP contribution < -0.4 is 5.32 Å². The molecule has 1 rings (SSSR count). The summed E-state index contributed by atoms with van der Waals surface area (Å²) in [6.45, 7) is 12.9. The Morgan fingerprint density at radius 3 is 2.67 bits per heavy atom. The van der Waals surface area contributed by atoms with Gasteiger partial charge in [0.1, 0.15) is 0 Å². The molecule has 90 valence electrons. The van der Waals surface area contributed by atoms with Crippen molar-refractivity contribution in [3.05, 3.63) is 0 Å². The van der Waals surface area contributed by atoms with Crippen LogP contribution in [-0.4, -0.2) is 49.3 Å². The molecule has 1 fully saturated rings. The molecule has 0 amide bonds. The molecule has 1 aliphatic heterocycles. The second-order valence-electron chi connectivity index (χ2n) is 4.52. The predicted molar refractivity (Wildman–Crippen MR) is 64.2 cm³/mol. The number of ether oxygens (including phenoxy) is 1. The number of rotatable bonds is 5. The van der Waals surface area contributed by atoms with Crippen LogP contribution in [0.15, 0.2) is 0 Å². The molecule has 0 radical (unpaired) electrons. The summed E-state index contributed by atoms with van der Waals surface area (Å²) in [4.78, 5) is 2.53. The molecule has 0 saturated carbocycles. The second kappa shape index (κ2) is 6.46. The minimum absolute atomic E-state index is 0.545. The monoisotopic (exact) mass is 214 g/mol. The zero-order chi connectivity index (χ0) is 11.3. The highest BCUT2D eigenvalue weighted by Crippen LogP contribution is 2.16. The van der Waals surface area contributed by atoms with Crippen LogP contribution >= 0.6 is 0 Å². The van der Waals surface area contributed by atoms with Crippen LogP contribution in [0.5, 0.6) is 0 Å². The lowest BCUT2D eigenvalue weighted by Crippen LogP contribution is -2.57. The van der Waals surface area contributed by atoms with Crippen LogP contribution in [-0.2, 0) is 4.74 Å². The van der Waals surface area contributed by atoms with Gasteiger partial charge in [0.05, 0.1) is 6.61 Å². The van der Waals surface area contributed by atoms with Crippen molar-refractivity contribution in [3.8, 4) is 0 Å². The predicted octanol–water partition coefficient (Wildman–Crippen LogP) is 1.48. The van der Waals surface area contributed by atoms with E-state index in [0.717, 1.165) is 32.7 Å². The van der Waals surface area contributed by atoms with Gasteiger partial charge in [-0.3, -0.25) is 4.90 Å².